The van der Waals surface area contributed by atoms with Crippen molar-refractivity contribution in [3.63, 3.8) is 0 Å². The lowest BCUT2D eigenvalue weighted by molar-refractivity contribution is -0.123. The number of hydrogen-bond acceptors (Lipinski definition) is 6. The summed E-state index contributed by atoms with van der Waals surface area (Å²) in [4.78, 5) is 40.9. The summed E-state index contributed by atoms with van der Waals surface area (Å²) in [5.41, 5.74) is 3.48. The van der Waals surface area contributed by atoms with Crippen molar-refractivity contribution >= 4 is 51.6 Å². The van der Waals surface area contributed by atoms with E-state index in [1.165, 1.54) is 25.3 Å². The molecule has 0 atom stereocenters. The molecule has 0 unspecified atom stereocenters. The normalized spacial score (nSPS) is 21.7. The van der Waals surface area contributed by atoms with E-state index in [-0.39, 0.29) is 45.6 Å². The van der Waals surface area contributed by atoms with Crippen LogP contribution in [0.25, 0.3) is 22.3 Å². The number of halogens is 4. The first-order valence-corrected chi connectivity index (χ1v) is 18.0. The second-order valence-electron chi connectivity index (χ2n) is 15.1. The summed E-state index contributed by atoms with van der Waals surface area (Å²) >= 11 is 6.17. The van der Waals surface area contributed by atoms with Gasteiger partial charge >= 0.3 is 0 Å². The van der Waals surface area contributed by atoms with E-state index >= 15 is 4.39 Å². The number of carbonyl (C=O) groups is 2. The summed E-state index contributed by atoms with van der Waals surface area (Å²) in [5, 5.41) is 4.95. The van der Waals surface area contributed by atoms with Gasteiger partial charge < -0.3 is 20.1 Å². The first kappa shape index (κ1) is 35.3. The summed E-state index contributed by atoms with van der Waals surface area (Å²) < 4.78 is 42.9. The maximum atomic E-state index is 15.4. The lowest BCUT2D eigenvalue weighted by atomic mass is 9.71. The van der Waals surface area contributed by atoms with Gasteiger partial charge in [-0.05, 0) is 103 Å². The third-order valence-corrected chi connectivity index (χ3v) is 11.2. The quantitative estimate of drug-likeness (QED) is 0.181. The van der Waals surface area contributed by atoms with Gasteiger partial charge in [0.2, 0.25) is 5.91 Å². The molecular formula is C38H43ClF3N7O2. The van der Waals surface area contributed by atoms with Gasteiger partial charge in [0.15, 0.2) is 5.82 Å². The van der Waals surface area contributed by atoms with Gasteiger partial charge in [-0.15, -0.1) is 0 Å². The van der Waals surface area contributed by atoms with Gasteiger partial charge in [0.05, 0.1) is 45.8 Å². The molecule has 0 bridgehead atoms. The largest absolute Gasteiger partial charge is 0.346 e. The summed E-state index contributed by atoms with van der Waals surface area (Å²) in [6.45, 7) is 11.6. The Bertz CT molecular complexity index is 2020. The standard InChI is InChI=1S/C38H43ClF3N7O2/c1-21(2)48-20-44-30-16-28(45-34(33(30)48)46-29-14-24(26(39)15-27(29)40)35(50)43-19-32(41)42)22-9-10-25-31(13-22)49(36(51)37(25,3)4)23-17-38(5,18-23)47-11-7-6-8-12-47/h9-10,13-16,20-21,23,32H,6-8,11-12,17-19H2,1-5H3,(H,43,50)(H,45,46)/t23-,38+. The number of carbonyl (C=O) groups excluding carboxylic acids is 2. The van der Waals surface area contributed by atoms with Crippen molar-refractivity contribution in [2.24, 2.45) is 0 Å². The molecular weight excluding hydrogens is 679 g/mol. The molecule has 4 aromatic rings. The van der Waals surface area contributed by atoms with Gasteiger partial charge in [-0.25, -0.2) is 23.1 Å². The molecule has 2 aliphatic heterocycles. The van der Waals surface area contributed by atoms with Crippen LogP contribution in [0.4, 0.5) is 30.4 Å². The smallest absolute Gasteiger partial charge is 0.255 e. The zero-order chi connectivity index (χ0) is 36.4. The molecule has 9 nitrogen and oxygen atoms in total. The second kappa shape index (κ2) is 13.1. The Balaban J connectivity index is 1.26. The molecule has 7 rings (SSSR count). The van der Waals surface area contributed by atoms with E-state index < -0.39 is 30.1 Å². The lowest BCUT2D eigenvalue weighted by Gasteiger charge is -2.55. The van der Waals surface area contributed by atoms with E-state index in [0.717, 1.165) is 48.8 Å². The Morgan fingerprint density at radius 3 is 2.47 bits per heavy atom. The van der Waals surface area contributed by atoms with Crippen molar-refractivity contribution in [2.45, 2.75) is 96.2 Å². The van der Waals surface area contributed by atoms with Crippen molar-refractivity contribution < 1.29 is 22.8 Å². The lowest BCUT2D eigenvalue weighted by Crippen LogP contribution is -2.64. The van der Waals surface area contributed by atoms with E-state index in [9.17, 15) is 18.4 Å². The number of nitrogens with zero attached hydrogens (tertiary/aromatic N) is 5. The first-order chi connectivity index (χ1) is 24.2. The fourth-order valence-corrected chi connectivity index (χ4v) is 8.27. The average molecular weight is 722 g/mol. The maximum absolute atomic E-state index is 15.4. The van der Waals surface area contributed by atoms with Crippen molar-refractivity contribution in [2.75, 3.05) is 29.9 Å². The van der Waals surface area contributed by atoms with Gasteiger partial charge in [-0.2, -0.15) is 0 Å². The minimum absolute atomic E-state index is 0.0196. The summed E-state index contributed by atoms with van der Waals surface area (Å²) in [5.74, 6) is -1.25. The van der Waals surface area contributed by atoms with Crippen LogP contribution in [-0.4, -0.2) is 68.9 Å². The van der Waals surface area contributed by atoms with Crippen LogP contribution < -0.4 is 15.5 Å². The van der Waals surface area contributed by atoms with Crippen LogP contribution in [0, 0.1) is 5.82 Å². The predicted octanol–water partition coefficient (Wildman–Crippen LogP) is 8.24. The molecule has 1 saturated carbocycles. The Morgan fingerprint density at radius 1 is 1.06 bits per heavy atom. The molecule has 2 aromatic carbocycles. The van der Waals surface area contributed by atoms with Crippen LogP contribution >= 0.6 is 11.6 Å². The molecule has 1 saturated heterocycles. The Labute approximate surface area is 300 Å². The second-order valence-corrected chi connectivity index (χ2v) is 15.6. The summed E-state index contributed by atoms with van der Waals surface area (Å²) in [7, 11) is 0. The molecule has 0 radical (unpaired) electrons. The van der Waals surface area contributed by atoms with E-state index in [2.05, 4.69) is 27.4 Å². The molecule has 2 fully saturated rings. The Kier molecular flexibility index (Phi) is 9.06. The molecule has 2 amide bonds. The maximum Gasteiger partial charge on any atom is 0.255 e. The van der Waals surface area contributed by atoms with E-state index in [1.807, 2.05) is 61.4 Å². The molecule has 2 aromatic heterocycles. The highest BCUT2D eigenvalue weighted by Gasteiger charge is 2.54. The van der Waals surface area contributed by atoms with Gasteiger partial charge in [-0.1, -0.05) is 30.2 Å². The number of likely N-dealkylation sites (tertiary alicyclic amines) is 1. The van der Waals surface area contributed by atoms with E-state index in [0.29, 0.717) is 16.7 Å². The molecule has 0 spiro atoms. The van der Waals surface area contributed by atoms with Crippen LogP contribution in [0.15, 0.2) is 42.7 Å². The fourth-order valence-electron chi connectivity index (χ4n) is 8.03. The van der Waals surface area contributed by atoms with Gasteiger partial charge in [0.25, 0.3) is 12.3 Å². The summed E-state index contributed by atoms with van der Waals surface area (Å²) in [6, 6.07) is 10.1. The number of nitrogens with one attached hydrogen (secondary N) is 2. The summed E-state index contributed by atoms with van der Waals surface area (Å²) in [6.07, 6.45) is 4.47. The third kappa shape index (κ3) is 6.24. The molecule has 270 valence electrons. The molecule has 51 heavy (non-hydrogen) atoms. The number of pyridine rings is 1. The van der Waals surface area contributed by atoms with Crippen LogP contribution in [0.3, 0.4) is 0 Å². The van der Waals surface area contributed by atoms with Crippen LogP contribution in [0.2, 0.25) is 5.02 Å². The van der Waals surface area contributed by atoms with E-state index in [1.54, 1.807) is 6.33 Å². The highest BCUT2D eigenvalue weighted by atomic mass is 35.5. The van der Waals surface area contributed by atoms with E-state index in [4.69, 9.17) is 16.6 Å². The number of benzene rings is 2. The minimum atomic E-state index is -2.76. The van der Waals surface area contributed by atoms with Crippen molar-refractivity contribution in [1.82, 2.24) is 24.8 Å². The number of hydrogen-bond donors (Lipinski definition) is 2. The number of fused-ring (bicyclic) bond motifs is 2. The molecule has 1 aliphatic carbocycles. The fraction of sp³-hybridized carbons (Fsp3) is 0.474. The number of aromatic nitrogens is 3. The van der Waals surface area contributed by atoms with Crippen LogP contribution in [0.1, 0.15) is 88.7 Å². The van der Waals surface area contributed by atoms with Gasteiger partial charge in [0.1, 0.15) is 11.3 Å². The molecule has 3 aliphatic rings. The molecule has 13 heteroatoms. The SMILES string of the molecule is CC(C)n1cnc2cc(-c3ccc4c(c3)N([C@H]3C[C@@](C)(N5CCCCC5)C3)C(=O)C4(C)C)nc(Nc3cc(C(=O)NCC(F)F)c(Cl)cc3F)c21. The Hall–Kier alpha value is -4.16. The third-order valence-electron chi connectivity index (χ3n) is 10.9. The predicted molar refractivity (Wildman–Crippen MR) is 194 cm³/mol. The van der Waals surface area contributed by atoms with Crippen LogP contribution in [0.5, 0.6) is 0 Å². The van der Waals surface area contributed by atoms with Crippen LogP contribution in [-0.2, 0) is 10.2 Å². The number of rotatable bonds is 9. The van der Waals surface area contributed by atoms with Gasteiger partial charge in [0, 0.05) is 28.9 Å². The molecule has 4 heterocycles. The zero-order valence-corrected chi connectivity index (χ0v) is 30.3. The minimum Gasteiger partial charge on any atom is -0.346 e. The number of anilines is 3. The molecule has 2 N–H and O–H groups in total. The number of alkyl halides is 2. The highest BCUT2D eigenvalue weighted by Crippen LogP contribution is 2.50. The van der Waals surface area contributed by atoms with Gasteiger partial charge in [-0.3, -0.25) is 14.5 Å². The number of imidazole rings is 1. The highest BCUT2D eigenvalue weighted by molar-refractivity contribution is 6.34. The monoisotopic (exact) mass is 721 g/mol. The zero-order valence-electron chi connectivity index (χ0n) is 29.5. The average Bonchev–Trinajstić information content (AvgIpc) is 3.60. The number of piperidine rings is 1. The van der Waals surface area contributed by atoms with Crippen molar-refractivity contribution in [3.05, 3.63) is 64.7 Å². The topological polar surface area (TPSA) is 95.4 Å². The van der Waals surface area contributed by atoms with Crippen molar-refractivity contribution in [3.8, 4) is 11.3 Å². The Morgan fingerprint density at radius 2 is 1.78 bits per heavy atom. The number of amides is 2. The first-order valence-electron chi connectivity index (χ1n) is 17.6. The van der Waals surface area contributed by atoms with Crippen molar-refractivity contribution in [1.29, 1.82) is 0 Å².